The van der Waals surface area contributed by atoms with Crippen molar-refractivity contribution in [3.8, 4) is 5.75 Å². The Balaban J connectivity index is 1.02. The fraction of sp³-hybridized carbons (Fsp3) is 0.400. The number of para-hydroxylation sites is 1. The van der Waals surface area contributed by atoms with Gasteiger partial charge < -0.3 is 24.0 Å². The van der Waals surface area contributed by atoms with Crippen molar-refractivity contribution in [3.63, 3.8) is 0 Å². The summed E-state index contributed by atoms with van der Waals surface area (Å²) in [7, 11) is 2.25. The summed E-state index contributed by atoms with van der Waals surface area (Å²) in [4.78, 5) is 20.6. The number of amides is 1. The van der Waals surface area contributed by atoms with E-state index in [4.69, 9.17) is 4.74 Å². The van der Waals surface area contributed by atoms with Crippen molar-refractivity contribution >= 4 is 22.5 Å². The highest BCUT2D eigenvalue weighted by Gasteiger charge is 2.25. The molecule has 0 unspecified atom stereocenters. The third-order valence-electron chi connectivity index (χ3n) is 8.86. The van der Waals surface area contributed by atoms with E-state index in [9.17, 15) is 4.79 Å². The Kier molecular flexibility index (Phi) is 8.57. The van der Waals surface area contributed by atoms with Crippen molar-refractivity contribution in [3.05, 3.63) is 96.2 Å². The summed E-state index contributed by atoms with van der Waals surface area (Å²) in [5.41, 5.74) is 4.30. The third kappa shape index (κ3) is 6.43. The molecule has 0 atom stereocenters. The average molecular weight is 551 g/mol. The lowest BCUT2D eigenvalue weighted by Gasteiger charge is -2.36. The molecule has 6 nitrogen and oxygen atoms in total. The molecule has 1 saturated heterocycles. The minimum absolute atomic E-state index is 0.120. The molecule has 6 heteroatoms. The number of carbonyl (C=O) groups is 1. The smallest absolute Gasteiger partial charge is 0.256 e. The number of fused-ring (bicyclic) bond motifs is 1. The van der Waals surface area contributed by atoms with Crippen LogP contribution in [-0.2, 0) is 6.54 Å². The number of nitrogens with zero attached hydrogens (tertiary/aromatic N) is 4. The van der Waals surface area contributed by atoms with Crippen LogP contribution in [0.2, 0.25) is 0 Å². The lowest BCUT2D eigenvalue weighted by atomic mass is 10.1. The number of hydrogen-bond acceptors (Lipinski definition) is 4. The van der Waals surface area contributed by atoms with Crippen LogP contribution in [0.4, 0.5) is 5.69 Å². The van der Waals surface area contributed by atoms with E-state index in [0.29, 0.717) is 13.1 Å². The number of ether oxygens (including phenoxy) is 1. The first-order valence-electron chi connectivity index (χ1n) is 15.2. The average Bonchev–Trinajstić information content (AvgIpc) is 3.69. The van der Waals surface area contributed by atoms with Crippen LogP contribution in [0.25, 0.3) is 10.9 Å². The first-order chi connectivity index (χ1) is 20.2. The summed E-state index contributed by atoms with van der Waals surface area (Å²) in [5.74, 6) is 1.05. The van der Waals surface area contributed by atoms with E-state index in [-0.39, 0.29) is 5.91 Å². The van der Waals surface area contributed by atoms with Crippen LogP contribution < -0.4 is 9.64 Å². The van der Waals surface area contributed by atoms with Gasteiger partial charge in [-0.25, -0.2) is 0 Å². The number of anilines is 1. The van der Waals surface area contributed by atoms with Crippen LogP contribution in [0.15, 0.2) is 85.1 Å². The molecule has 3 aromatic carbocycles. The summed E-state index contributed by atoms with van der Waals surface area (Å²) in [6.45, 7) is 5.66. The zero-order valence-corrected chi connectivity index (χ0v) is 24.3. The van der Waals surface area contributed by atoms with Crippen LogP contribution in [-0.4, -0.2) is 72.7 Å². The molecule has 1 amide bonds. The molecule has 2 heterocycles. The number of hydrogen-bond donors (Lipinski definition) is 0. The maximum atomic E-state index is 13.7. The predicted octanol–water partition coefficient (Wildman–Crippen LogP) is 6.30. The summed E-state index contributed by atoms with van der Waals surface area (Å²) >= 11 is 0. The monoisotopic (exact) mass is 550 g/mol. The van der Waals surface area contributed by atoms with Gasteiger partial charge in [-0.1, -0.05) is 61.4 Å². The van der Waals surface area contributed by atoms with Crippen molar-refractivity contribution in [1.82, 2.24) is 14.4 Å². The van der Waals surface area contributed by atoms with Crippen LogP contribution in [0.1, 0.15) is 48.0 Å². The Morgan fingerprint density at radius 2 is 1.59 bits per heavy atom. The van der Waals surface area contributed by atoms with Crippen molar-refractivity contribution in [1.29, 1.82) is 0 Å². The maximum Gasteiger partial charge on any atom is 0.256 e. The lowest BCUT2D eigenvalue weighted by Crippen LogP contribution is -2.48. The second-order valence-corrected chi connectivity index (χ2v) is 11.6. The molecular weight excluding hydrogens is 508 g/mol. The van der Waals surface area contributed by atoms with Crippen molar-refractivity contribution in [2.45, 2.75) is 44.7 Å². The van der Waals surface area contributed by atoms with E-state index in [0.717, 1.165) is 67.5 Å². The number of carbonyl (C=O) groups excluding carboxylic acids is 1. The molecule has 1 saturated carbocycles. The van der Waals surface area contributed by atoms with E-state index < -0.39 is 0 Å². The molecule has 0 radical (unpaired) electrons. The normalized spacial score (nSPS) is 16.1. The molecule has 1 aliphatic carbocycles. The van der Waals surface area contributed by atoms with Gasteiger partial charge in [0, 0.05) is 68.1 Å². The standard InChI is InChI=1S/C35H42N4O2/c1-36(29-12-5-6-13-29)20-9-25-41-31-18-16-30(17-19-31)37-21-23-38(24-22-37)35(40)33-27-39(26-28-10-3-2-4-11-28)34-15-8-7-14-32(33)34/h2-4,7-8,10-11,14-19,27,29H,5-6,9,12-13,20-26H2,1H3. The summed E-state index contributed by atoms with van der Waals surface area (Å²) in [5, 5.41) is 1.02. The molecule has 0 N–H and O–H groups in total. The first-order valence-corrected chi connectivity index (χ1v) is 15.2. The summed E-state index contributed by atoms with van der Waals surface area (Å²) < 4.78 is 8.23. The fourth-order valence-corrected chi connectivity index (χ4v) is 6.45. The van der Waals surface area contributed by atoms with E-state index in [2.05, 4.69) is 82.1 Å². The van der Waals surface area contributed by atoms with Gasteiger partial charge >= 0.3 is 0 Å². The third-order valence-corrected chi connectivity index (χ3v) is 8.86. The van der Waals surface area contributed by atoms with Gasteiger partial charge in [0.05, 0.1) is 12.2 Å². The largest absolute Gasteiger partial charge is 0.494 e. The Morgan fingerprint density at radius 1 is 0.878 bits per heavy atom. The van der Waals surface area contributed by atoms with Gasteiger partial charge in [-0.15, -0.1) is 0 Å². The molecule has 2 fully saturated rings. The molecular formula is C35H42N4O2. The molecule has 4 aromatic rings. The molecule has 2 aliphatic rings. The molecule has 1 aliphatic heterocycles. The van der Waals surface area contributed by atoms with Crippen molar-refractivity contribution < 1.29 is 9.53 Å². The van der Waals surface area contributed by atoms with E-state index in [1.54, 1.807) is 0 Å². The zero-order chi connectivity index (χ0) is 28.0. The van der Waals surface area contributed by atoms with E-state index in [1.807, 2.05) is 29.3 Å². The highest BCUT2D eigenvalue weighted by atomic mass is 16.5. The SMILES string of the molecule is CN(CCCOc1ccc(N2CCN(C(=O)c3cn(Cc4ccccc4)c4ccccc34)CC2)cc1)C1CCCC1. The molecule has 1 aromatic heterocycles. The fourth-order valence-electron chi connectivity index (χ4n) is 6.45. The van der Waals surface area contributed by atoms with Crippen LogP contribution in [0.3, 0.4) is 0 Å². The highest BCUT2D eigenvalue weighted by Crippen LogP contribution is 2.26. The van der Waals surface area contributed by atoms with Crippen LogP contribution in [0, 0.1) is 0 Å². The van der Waals surface area contributed by atoms with E-state index in [1.165, 1.54) is 36.9 Å². The van der Waals surface area contributed by atoms with Gasteiger partial charge in [0.25, 0.3) is 5.91 Å². The second kappa shape index (κ2) is 12.8. The van der Waals surface area contributed by atoms with Gasteiger partial charge in [-0.2, -0.15) is 0 Å². The van der Waals surface area contributed by atoms with Crippen molar-refractivity contribution in [2.75, 3.05) is 51.3 Å². The lowest BCUT2D eigenvalue weighted by molar-refractivity contribution is 0.0748. The number of aromatic nitrogens is 1. The number of benzene rings is 3. The van der Waals surface area contributed by atoms with Gasteiger partial charge in [0.1, 0.15) is 5.75 Å². The molecule has 0 spiro atoms. The molecule has 6 rings (SSSR count). The predicted molar refractivity (Wildman–Crippen MR) is 167 cm³/mol. The number of rotatable bonds is 10. The minimum Gasteiger partial charge on any atom is -0.494 e. The minimum atomic E-state index is 0.120. The Labute approximate surface area is 244 Å². The second-order valence-electron chi connectivity index (χ2n) is 11.6. The van der Waals surface area contributed by atoms with Gasteiger partial charge in [0.15, 0.2) is 0 Å². The molecule has 214 valence electrons. The van der Waals surface area contributed by atoms with Crippen LogP contribution in [0.5, 0.6) is 5.75 Å². The zero-order valence-electron chi connectivity index (χ0n) is 24.3. The highest BCUT2D eigenvalue weighted by molar-refractivity contribution is 6.07. The molecule has 0 bridgehead atoms. The first kappa shape index (κ1) is 27.4. The van der Waals surface area contributed by atoms with Gasteiger partial charge in [0.2, 0.25) is 0 Å². The van der Waals surface area contributed by atoms with Crippen LogP contribution >= 0.6 is 0 Å². The Morgan fingerprint density at radius 3 is 2.34 bits per heavy atom. The maximum absolute atomic E-state index is 13.7. The van der Waals surface area contributed by atoms with Gasteiger partial charge in [-0.05, 0) is 62.2 Å². The van der Waals surface area contributed by atoms with Crippen molar-refractivity contribution in [2.24, 2.45) is 0 Å². The number of piperazine rings is 1. The molecule has 41 heavy (non-hydrogen) atoms. The van der Waals surface area contributed by atoms with E-state index >= 15 is 0 Å². The Hall–Kier alpha value is -3.77. The summed E-state index contributed by atoms with van der Waals surface area (Å²) in [6.07, 6.45) is 8.54. The topological polar surface area (TPSA) is 41.0 Å². The Bertz CT molecular complexity index is 1420. The quantitative estimate of drug-likeness (QED) is 0.218. The van der Waals surface area contributed by atoms with Gasteiger partial charge in [-0.3, -0.25) is 4.79 Å². The summed E-state index contributed by atoms with van der Waals surface area (Å²) in [6, 6.07) is 27.9.